The Balaban J connectivity index is 3.04. The molecule has 1 aromatic heterocycles. The molecule has 0 amide bonds. The summed E-state index contributed by atoms with van der Waals surface area (Å²) in [5, 5.41) is 3.52. The van der Waals surface area contributed by atoms with Gasteiger partial charge in [0.05, 0.1) is 5.02 Å². The number of nitrogens with one attached hydrogen (secondary N) is 1. The lowest BCUT2D eigenvalue weighted by molar-refractivity contribution is 1.28. The van der Waals surface area contributed by atoms with Crippen LogP contribution >= 0.6 is 27.5 Å². The Bertz CT molecular complexity index is 239. The molecule has 0 aliphatic carbocycles. The van der Waals surface area contributed by atoms with Crippen LogP contribution in [0.1, 0.15) is 0 Å². The summed E-state index contributed by atoms with van der Waals surface area (Å²) in [6, 6.07) is 1.82. The van der Waals surface area contributed by atoms with Gasteiger partial charge in [-0.3, -0.25) is 0 Å². The number of hydrogen-bond acceptors (Lipinski definition) is 2. The first kappa shape index (κ1) is 7.82. The summed E-state index contributed by atoms with van der Waals surface area (Å²) >= 11 is 8.98. The minimum absolute atomic E-state index is 0.624. The van der Waals surface area contributed by atoms with E-state index < -0.39 is 0 Å². The third kappa shape index (κ3) is 1.61. The Kier molecular flexibility index (Phi) is 2.51. The maximum atomic E-state index is 5.70. The molecule has 1 N–H and O–H groups in total. The molecular weight excluding hydrogens is 215 g/mol. The van der Waals surface area contributed by atoms with Gasteiger partial charge < -0.3 is 5.32 Å². The number of pyridine rings is 1. The van der Waals surface area contributed by atoms with E-state index in [1.165, 1.54) is 0 Å². The molecule has 10 heavy (non-hydrogen) atoms. The first-order valence-electron chi connectivity index (χ1n) is 2.73. The van der Waals surface area contributed by atoms with Crippen LogP contribution < -0.4 is 5.32 Å². The minimum Gasteiger partial charge on any atom is -0.373 e. The SMILES string of the molecule is CNc1cc(Br)c(Cl)cn1. The highest BCUT2D eigenvalue weighted by Crippen LogP contribution is 2.22. The van der Waals surface area contributed by atoms with E-state index >= 15 is 0 Å². The second-order valence-electron chi connectivity index (χ2n) is 1.73. The van der Waals surface area contributed by atoms with Crippen molar-refractivity contribution in [3.8, 4) is 0 Å². The van der Waals surface area contributed by atoms with Crippen molar-refractivity contribution in [1.29, 1.82) is 0 Å². The fraction of sp³-hybridized carbons (Fsp3) is 0.167. The first-order chi connectivity index (χ1) is 4.74. The van der Waals surface area contributed by atoms with Crippen molar-refractivity contribution in [2.24, 2.45) is 0 Å². The van der Waals surface area contributed by atoms with Gasteiger partial charge in [0, 0.05) is 17.7 Å². The van der Waals surface area contributed by atoms with E-state index in [9.17, 15) is 0 Å². The van der Waals surface area contributed by atoms with Crippen LogP contribution in [-0.2, 0) is 0 Å². The van der Waals surface area contributed by atoms with Crippen LogP contribution in [0.4, 0.5) is 5.82 Å². The number of aromatic nitrogens is 1. The molecule has 0 spiro atoms. The summed E-state index contributed by atoms with van der Waals surface area (Å²) in [5.41, 5.74) is 0. The molecule has 54 valence electrons. The van der Waals surface area contributed by atoms with Gasteiger partial charge in [0.25, 0.3) is 0 Å². The van der Waals surface area contributed by atoms with Gasteiger partial charge in [-0.1, -0.05) is 11.6 Å². The maximum absolute atomic E-state index is 5.70. The van der Waals surface area contributed by atoms with Gasteiger partial charge in [0.15, 0.2) is 0 Å². The molecule has 0 unspecified atom stereocenters. The van der Waals surface area contributed by atoms with Crippen molar-refractivity contribution >= 4 is 33.3 Å². The van der Waals surface area contributed by atoms with Crippen LogP contribution in [0.2, 0.25) is 5.02 Å². The molecule has 0 bridgehead atoms. The van der Waals surface area contributed by atoms with E-state index in [1.807, 2.05) is 13.1 Å². The van der Waals surface area contributed by atoms with Gasteiger partial charge in [0.1, 0.15) is 5.82 Å². The van der Waals surface area contributed by atoms with Gasteiger partial charge in [-0.2, -0.15) is 0 Å². The van der Waals surface area contributed by atoms with Crippen molar-refractivity contribution < 1.29 is 0 Å². The van der Waals surface area contributed by atoms with E-state index in [1.54, 1.807) is 6.20 Å². The predicted octanol–water partition coefficient (Wildman–Crippen LogP) is 2.54. The van der Waals surface area contributed by atoms with Gasteiger partial charge >= 0.3 is 0 Å². The fourth-order valence-corrected chi connectivity index (χ4v) is 0.973. The summed E-state index contributed by atoms with van der Waals surface area (Å²) in [6.07, 6.45) is 1.59. The Morgan fingerprint density at radius 1 is 1.70 bits per heavy atom. The molecule has 0 radical (unpaired) electrons. The van der Waals surface area contributed by atoms with E-state index in [2.05, 4.69) is 26.2 Å². The van der Waals surface area contributed by atoms with Gasteiger partial charge in [-0.15, -0.1) is 0 Å². The molecule has 0 aromatic carbocycles. The molecule has 4 heteroatoms. The van der Waals surface area contributed by atoms with Crippen molar-refractivity contribution in [3.63, 3.8) is 0 Å². The van der Waals surface area contributed by atoms with Gasteiger partial charge in [-0.05, 0) is 22.0 Å². The molecule has 0 aliphatic rings. The third-order valence-electron chi connectivity index (χ3n) is 1.06. The molecule has 1 aromatic rings. The molecule has 2 nitrogen and oxygen atoms in total. The van der Waals surface area contributed by atoms with Crippen molar-refractivity contribution in [3.05, 3.63) is 21.8 Å². The molecule has 1 heterocycles. The quantitative estimate of drug-likeness (QED) is 0.788. The lowest BCUT2D eigenvalue weighted by Gasteiger charge is -1.99. The van der Waals surface area contributed by atoms with E-state index in [-0.39, 0.29) is 0 Å². The summed E-state index contributed by atoms with van der Waals surface area (Å²) in [5.74, 6) is 0.802. The monoisotopic (exact) mass is 220 g/mol. The van der Waals surface area contributed by atoms with Gasteiger partial charge in [-0.25, -0.2) is 4.98 Å². The van der Waals surface area contributed by atoms with E-state index in [4.69, 9.17) is 11.6 Å². The average molecular weight is 221 g/mol. The summed E-state index contributed by atoms with van der Waals surface area (Å²) in [4.78, 5) is 3.98. The largest absolute Gasteiger partial charge is 0.373 e. The molecule has 0 aliphatic heterocycles. The zero-order chi connectivity index (χ0) is 7.56. The standard InChI is InChI=1S/C6H6BrClN2/c1-9-6-2-4(7)5(8)3-10-6/h2-3H,1H3,(H,9,10). The maximum Gasteiger partial charge on any atom is 0.126 e. The molecule has 0 fully saturated rings. The molecule has 0 saturated heterocycles. The second kappa shape index (κ2) is 3.21. The normalized spacial score (nSPS) is 9.50. The van der Waals surface area contributed by atoms with E-state index in [0.29, 0.717) is 5.02 Å². The number of hydrogen-bond donors (Lipinski definition) is 1. The zero-order valence-corrected chi connectivity index (χ0v) is 7.70. The highest BCUT2D eigenvalue weighted by atomic mass is 79.9. The van der Waals surface area contributed by atoms with Crippen molar-refractivity contribution in [2.75, 3.05) is 12.4 Å². The lowest BCUT2D eigenvalue weighted by Crippen LogP contribution is -1.90. The Hall–Kier alpha value is -0.280. The lowest BCUT2D eigenvalue weighted by atomic mass is 10.5. The Labute approximate surface area is 72.7 Å². The smallest absolute Gasteiger partial charge is 0.126 e. The number of nitrogens with zero attached hydrogens (tertiary/aromatic N) is 1. The first-order valence-corrected chi connectivity index (χ1v) is 3.90. The fourth-order valence-electron chi connectivity index (χ4n) is 0.551. The Morgan fingerprint density at radius 3 is 2.90 bits per heavy atom. The molecule has 0 atom stereocenters. The van der Waals surface area contributed by atoms with Crippen molar-refractivity contribution in [1.82, 2.24) is 4.98 Å². The highest BCUT2D eigenvalue weighted by molar-refractivity contribution is 9.10. The number of rotatable bonds is 1. The number of halogens is 2. The van der Waals surface area contributed by atoms with Crippen LogP contribution in [0.15, 0.2) is 16.7 Å². The highest BCUT2D eigenvalue weighted by Gasteiger charge is 1.96. The predicted molar refractivity (Wildman–Crippen MR) is 46.5 cm³/mol. The summed E-state index contributed by atoms with van der Waals surface area (Å²) < 4.78 is 0.855. The van der Waals surface area contributed by atoms with Crippen LogP contribution in [0, 0.1) is 0 Å². The summed E-state index contributed by atoms with van der Waals surface area (Å²) in [6.45, 7) is 0. The molecule has 0 saturated carbocycles. The summed E-state index contributed by atoms with van der Waals surface area (Å²) in [7, 11) is 1.81. The Morgan fingerprint density at radius 2 is 2.40 bits per heavy atom. The van der Waals surface area contributed by atoms with Crippen LogP contribution in [0.5, 0.6) is 0 Å². The molecular formula is C6H6BrClN2. The van der Waals surface area contributed by atoms with Crippen LogP contribution in [0.25, 0.3) is 0 Å². The minimum atomic E-state index is 0.624. The molecule has 1 rings (SSSR count). The van der Waals surface area contributed by atoms with E-state index in [0.717, 1.165) is 10.3 Å². The zero-order valence-electron chi connectivity index (χ0n) is 5.36. The third-order valence-corrected chi connectivity index (χ3v) is 2.25. The van der Waals surface area contributed by atoms with Crippen LogP contribution in [0.3, 0.4) is 0 Å². The second-order valence-corrected chi connectivity index (χ2v) is 3.00. The van der Waals surface area contributed by atoms with Crippen LogP contribution in [-0.4, -0.2) is 12.0 Å². The average Bonchev–Trinajstić information content (AvgIpc) is 1.95. The topological polar surface area (TPSA) is 24.9 Å². The van der Waals surface area contributed by atoms with Gasteiger partial charge in [0.2, 0.25) is 0 Å². The number of anilines is 1. The van der Waals surface area contributed by atoms with Crippen molar-refractivity contribution in [2.45, 2.75) is 0 Å².